The SMILES string of the molecule is CC1CCN(CC(=O)N(C)C(C)C)C1CO. The van der Waals surface area contributed by atoms with Gasteiger partial charge in [-0.2, -0.15) is 0 Å². The van der Waals surface area contributed by atoms with E-state index in [9.17, 15) is 9.90 Å². The van der Waals surface area contributed by atoms with Crippen LogP contribution in [0.25, 0.3) is 0 Å². The largest absolute Gasteiger partial charge is 0.395 e. The Labute approximate surface area is 98.2 Å². The highest BCUT2D eigenvalue weighted by atomic mass is 16.3. The van der Waals surface area contributed by atoms with Crippen LogP contribution in [0.2, 0.25) is 0 Å². The Hall–Kier alpha value is -0.610. The quantitative estimate of drug-likeness (QED) is 0.764. The molecule has 1 amide bonds. The maximum atomic E-state index is 11.9. The summed E-state index contributed by atoms with van der Waals surface area (Å²) in [5.41, 5.74) is 0. The van der Waals surface area contributed by atoms with Crippen molar-refractivity contribution in [3.8, 4) is 0 Å². The van der Waals surface area contributed by atoms with E-state index in [2.05, 4.69) is 11.8 Å². The van der Waals surface area contributed by atoms with Crippen LogP contribution >= 0.6 is 0 Å². The molecule has 4 heteroatoms. The number of nitrogens with zero attached hydrogens (tertiary/aromatic N) is 2. The van der Waals surface area contributed by atoms with Crippen LogP contribution in [0.1, 0.15) is 27.2 Å². The molecular formula is C12H24N2O2. The number of aliphatic hydroxyl groups is 1. The molecule has 1 saturated heterocycles. The Balaban J connectivity index is 2.51. The summed E-state index contributed by atoms with van der Waals surface area (Å²) in [5, 5.41) is 9.30. The van der Waals surface area contributed by atoms with Crippen LogP contribution in [-0.4, -0.2) is 59.6 Å². The van der Waals surface area contributed by atoms with Gasteiger partial charge in [-0.25, -0.2) is 0 Å². The number of carbonyl (C=O) groups excluding carboxylic acids is 1. The molecule has 1 fully saturated rings. The fraction of sp³-hybridized carbons (Fsp3) is 0.917. The molecule has 1 aliphatic rings. The molecule has 0 bridgehead atoms. The molecule has 4 nitrogen and oxygen atoms in total. The topological polar surface area (TPSA) is 43.8 Å². The van der Waals surface area contributed by atoms with Gasteiger partial charge in [0, 0.05) is 19.1 Å². The number of likely N-dealkylation sites (N-methyl/N-ethyl adjacent to an activating group) is 1. The second-order valence-electron chi connectivity index (χ2n) is 5.08. The maximum absolute atomic E-state index is 11.9. The monoisotopic (exact) mass is 228 g/mol. The summed E-state index contributed by atoms with van der Waals surface area (Å²) in [4.78, 5) is 15.8. The van der Waals surface area contributed by atoms with Crippen LogP contribution in [0, 0.1) is 5.92 Å². The second kappa shape index (κ2) is 5.64. The molecule has 94 valence electrons. The van der Waals surface area contributed by atoms with Crippen molar-refractivity contribution in [2.24, 2.45) is 5.92 Å². The molecule has 0 aromatic carbocycles. The van der Waals surface area contributed by atoms with E-state index in [1.54, 1.807) is 4.90 Å². The normalized spacial score (nSPS) is 26.4. The van der Waals surface area contributed by atoms with Crippen molar-refractivity contribution in [3.63, 3.8) is 0 Å². The van der Waals surface area contributed by atoms with E-state index in [0.29, 0.717) is 12.5 Å². The predicted molar refractivity (Wildman–Crippen MR) is 64.1 cm³/mol. The van der Waals surface area contributed by atoms with Crippen molar-refractivity contribution in [3.05, 3.63) is 0 Å². The lowest BCUT2D eigenvalue weighted by Crippen LogP contribution is -2.44. The highest BCUT2D eigenvalue weighted by molar-refractivity contribution is 5.78. The van der Waals surface area contributed by atoms with Crippen molar-refractivity contribution in [2.45, 2.75) is 39.3 Å². The lowest BCUT2D eigenvalue weighted by molar-refractivity contribution is -0.133. The molecule has 1 aliphatic heterocycles. The van der Waals surface area contributed by atoms with Crippen LogP contribution < -0.4 is 0 Å². The van der Waals surface area contributed by atoms with Gasteiger partial charge in [0.1, 0.15) is 0 Å². The van der Waals surface area contributed by atoms with Crippen molar-refractivity contribution in [1.82, 2.24) is 9.80 Å². The van der Waals surface area contributed by atoms with E-state index >= 15 is 0 Å². The lowest BCUT2D eigenvalue weighted by Gasteiger charge is -2.28. The number of likely N-dealkylation sites (tertiary alicyclic amines) is 1. The van der Waals surface area contributed by atoms with Crippen LogP contribution in [0.3, 0.4) is 0 Å². The first-order valence-electron chi connectivity index (χ1n) is 6.08. The van der Waals surface area contributed by atoms with E-state index in [-0.39, 0.29) is 24.6 Å². The van der Waals surface area contributed by atoms with E-state index in [4.69, 9.17) is 0 Å². The molecule has 0 radical (unpaired) electrons. The van der Waals surface area contributed by atoms with Crippen LogP contribution in [0.15, 0.2) is 0 Å². The van der Waals surface area contributed by atoms with E-state index in [0.717, 1.165) is 13.0 Å². The standard InChI is InChI=1S/C12H24N2O2/c1-9(2)13(4)12(16)7-14-6-5-10(3)11(14)8-15/h9-11,15H,5-8H2,1-4H3. The lowest BCUT2D eigenvalue weighted by atomic mass is 10.0. The number of amides is 1. The summed E-state index contributed by atoms with van der Waals surface area (Å²) < 4.78 is 0. The van der Waals surface area contributed by atoms with Gasteiger partial charge in [-0.05, 0) is 32.7 Å². The first kappa shape index (κ1) is 13.5. The number of hydrogen-bond acceptors (Lipinski definition) is 3. The van der Waals surface area contributed by atoms with Gasteiger partial charge in [0.05, 0.1) is 13.2 Å². The third-order valence-corrected chi connectivity index (χ3v) is 3.69. The Kier molecular flexibility index (Phi) is 4.74. The molecule has 2 unspecified atom stereocenters. The van der Waals surface area contributed by atoms with Crippen molar-refractivity contribution >= 4 is 5.91 Å². The molecule has 0 spiro atoms. The average Bonchev–Trinajstić information content (AvgIpc) is 2.57. The van der Waals surface area contributed by atoms with Crippen LogP contribution in [0.4, 0.5) is 0 Å². The minimum atomic E-state index is 0.141. The molecule has 1 rings (SSSR count). The van der Waals surface area contributed by atoms with Crippen molar-refractivity contribution in [2.75, 3.05) is 26.7 Å². The molecule has 0 aromatic rings. The van der Waals surface area contributed by atoms with Gasteiger partial charge in [-0.3, -0.25) is 9.69 Å². The molecule has 0 aromatic heterocycles. The average molecular weight is 228 g/mol. The summed E-state index contributed by atoms with van der Waals surface area (Å²) in [6, 6.07) is 0.393. The zero-order chi connectivity index (χ0) is 12.3. The van der Waals surface area contributed by atoms with Gasteiger partial charge in [0.25, 0.3) is 0 Å². The van der Waals surface area contributed by atoms with Crippen molar-refractivity contribution < 1.29 is 9.90 Å². The first-order valence-corrected chi connectivity index (χ1v) is 6.08. The van der Waals surface area contributed by atoms with E-state index < -0.39 is 0 Å². The minimum Gasteiger partial charge on any atom is -0.395 e. The number of rotatable bonds is 4. The molecule has 1 N–H and O–H groups in total. The summed E-state index contributed by atoms with van der Waals surface area (Å²) in [5.74, 6) is 0.629. The maximum Gasteiger partial charge on any atom is 0.236 e. The number of hydrogen-bond donors (Lipinski definition) is 1. The van der Waals surface area contributed by atoms with Gasteiger partial charge in [0.15, 0.2) is 0 Å². The highest BCUT2D eigenvalue weighted by Gasteiger charge is 2.32. The van der Waals surface area contributed by atoms with Crippen LogP contribution in [0.5, 0.6) is 0 Å². The number of aliphatic hydroxyl groups excluding tert-OH is 1. The molecular weight excluding hydrogens is 204 g/mol. The number of carbonyl (C=O) groups is 1. The molecule has 0 saturated carbocycles. The minimum absolute atomic E-state index is 0.141. The van der Waals surface area contributed by atoms with E-state index in [1.807, 2.05) is 20.9 Å². The molecule has 2 atom stereocenters. The predicted octanol–water partition coefficient (Wildman–Crippen LogP) is 0.556. The Morgan fingerprint density at radius 2 is 2.19 bits per heavy atom. The Morgan fingerprint density at radius 1 is 1.56 bits per heavy atom. The van der Waals surface area contributed by atoms with Crippen LogP contribution in [-0.2, 0) is 4.79 Å². The van der Waals surface area contributed by atoms with Gasteiger partial charge >= 0.3 is 0 Å². The summed E-state index contributed by atoms with van der Waals surface area (Å²) in [7, 11) is 1.83. The van der Waals surface area contributed by atoms with Crippen molar-refractivity contribution in [1.29, 1.82) is 0 Å². The molecule has 1 heterocycles. The van der Waals surface area contributed by atoms with Gasteiger partial charge in [0.2, 0.25) is 5.91 Å². The zero-order valence-corrected chi connectivity index (χ0v) is 10.8. The smallest absolute Gasteiger partial charge is 0.236 e. The highest BCUT2D eigenvalue weighted by Crippen LogP contribution is 2.23. The molecule has 16 heavy (non-hydrogen) atoms. The first-order chi connectivity index (χ1) is 7.47. The third-order valence-electron chi connectivity index (χ3n) is 3.69. The van der Waals surface area contributed by atoms with Gasteiger partial charge in [-0.1, -0.05) is 6.92 Å². The summed E-state index contributed by atoms with van der Waals surface area (Å²) in [6.07, 6.45) is 1.07. The fourth-order valence-corrected chi connectivity index (χ4v) is 2.15. The zero-order valence-electron chi connectivity index (χ0n) is 10.8. The van der Waals surface area contributed by atoms with E-state index in [1.165, 1.54) is 0 Å². The summed E-state index contributed by atoms with van der Waals surface area (Å²) in [6.45, 7) is 7.66. The molecule has 0 aliphatic carbocycles. The second-order valence-corrected chi connectivity index (χ2v) is 5.08. The Morgan fingerprint density at radius 3 is 2.69 bits per heavy atom. The fourth-order valence-electron chi connectivity index (χ4n) is 2.15. The third kappa shape index (κ3) is 2.95. The van der Waals surface area contributed by atoms with Gasteiger partial charge < -0.3 is 10.0 Å². The van der Waals surface area contributed by atoms with Gasteiger partial charge in [-0.15, -0.1) is 0 Å². The Bertz CT molecular complexity index is 243. The summed E-state index contributed by atoms with van der Waals surface area (Å²) >= 11 is 0.